The molecule has 29 heavy (non-hydrogen) atoms. The summed E-state index contributed by atoms with van der Waals surface area (Å²) in [5.41, 5.74) is 1.61. The van der Waals surface area contributed by atoms with Gasteiger partial charge in [0.25, 0.3) is 5.91 Å². The van der Waals surface area contributed by atoms with Gasteiger partial charge in [-0.2, -0.15) is 0 Å². The minimum absolute atomic E-state index is 0.0579. The third kappa shape index (κ3) is 4.63. The maximum atomic E-state index is 13.1. The van der Waals surface area contributed by atoms with Crippen molar-refractivity contribution in [1.29, 1.82) is 0 Å². The fraction of sp³-hybridized carbons (Fsp3) is 0.136. The zero-order chi connectivity index (χ0) is 21.0. The van der Waals surface area contributed by atoms with Gasteiger partial charge in [-0.15, -0.1) is 0 Å². The number of aryl methyl sites for hydroxylation is 1. The highest BCUT2D eigenvalue weighted by Crippen LogP contribution is 2.39. The first-order valence-electron chi connectivity index (χ1n) is 8.85. The first kappa shape index (κ1) is 20.5. The number of halogens is 1. The summed E-state index contributed by atoms with van der Waals surface area (Å²) in [5, 5.41) is 10.7. The van der Waals surface area contributed by atoms with Crippen molar-refractivity contribution in [1.82, 2.24) is 0 Å². The number of aliphatic hydroxyl groups is 1. The largest absolute Gasteiger partial charge is 0.506 e. The maximum absolute atomic E-state index is 13.1. The number of amides is 1. The summed E-state index contributed by atoms with van der Waals surface area (Å²) in [6, 6.07) is 12.6. The van der Waals surface area contributed by atoms with Crippen LogP contribution in [-0.2, 0) is 9.53 Å². The highest BCUT2D eigenvalue weighted by molar-refractivity contribution is 8.18. The molecule has 3 rings (SSSR count). The van der Waals surface area contributed by atoms with Crippen molar-refractivity contribution < 1.29 is 23.8 Å². The van der Waals surface area contributed by atoms with Gasteiger partial charge in [0.15, 0.2) is 0 Å². The van der Waals surface area contributed by atoms with E-state index in [-0.39, 0.29) is 28.8 Å². The Morgan fingerprint density at radius 2 is 1.86 bits per heavy atom. The Labute approximate surface area is 171 Å². The number of benzene rings is 2. The van der Waals surface area contributed by atoms with E-state index in [2.05, 4.69) is 4.99 Å². The molecule has 0 saturated carbocycles. The van der Waals surface area contributed by atoms with E-state index < -0.39 is 11.9 Å². The van der Waals surface area contributed by atoms with Crippen LogP contribution in [0.25, 0.3) is 6.08 Å². The van der Waals surface area contributed by atoms with Crippen LogP contribution >= 0.6 is 11.8 Å². The van der Waals surface area contributed by atoms with Crippen molar-refractivity contribution in [3.8, 4) is 0 Å². The van der Waals surface area contributed by atoms with Crippen LogP contribution in [0.15, 0.2) is 69.8 Å². The van der Waals surface area contributed by atoms with Crippen LogP contribution < -0.4 is 0 Å². The first-order valence-corrected chi connectivity index (χ1v) is 9.67. The van der Waals surface area contributed by atoms with E-state index in [9.17, 15) is 19.1 Å². The van der Waals surface area contributed by atoms with E-state index in [0.717, 1.165) is 17.3 Å². The molecule has 2 aromatic rings. The molecule has 1 heterocycles. The maximum Gasteiger partial charge on any atom is 0.344 e. The van der Waals surface area contributed by atoms with Crippen molar-refractivity contribution in [3.63, 3.8) is 0 Å². The van der Waals surface area contributed by atoms with Gasteiger partial charge in [0.05, 0.1) is 11.5 Å². The second-order valence-electron chi connectivity index (χ2n) is 6.14. The van der Waals surface area contributed by atoms with Gasteiger partial charge in [0.1, 0.15) is 22.2 Å². The Bertz CT molecular complexity index is 1050. The Morgan fingerprint density at radius 1 is 1.17 bits per heavy atom. The minimum atomic E-state index is -0.767. The number of thioether (sulfide) groups is 1. The molecule has 7 heteroatoms. The van der Waals surface area contributed by atoms with E-state index in [1.165, 1.54) is 24.3 Å². The molecular weight excluding hydrogens is 393 g/mol. The molecule has 2 aromatic carbocycles. The molecule has 0 fully saturated rings. The molecule has 1 N–H and O–H groups in total. The second kappa shape index (κ2) is 8.87. The highest BCUT2D eigenvalue weighted by Gasteiger charge is 2.34. The molecule has 0 bridgehead atoms. The molecule has 0 aliphatic carbocycles. The number of carbonyl (C=O) groups is 2. The quantitative estimate of drug-likeness (QED) is 0.729. The van der Waals surface area contributed by atoms with Crippen LogP contribution in [-0.4, -0.2) is 28.6 Å². The standard InChI is InChI=1S/C22H18FNO4S/c1-3-28-22(27)18-19(25)17(12-14-8-10-15(23)11-9-14)29-21(18)24-20(26)16-7-5-4-6-13(16)2/h4-12,25H,3H2,1-2H3/b17-12-,24-21?. The minimum Gasteiger partial charge on any atom is -0.506 e. The molecule has 0 spiro atoms. The summed E-state index contributed by atoms with van der Waals surface area (Å²) in [4.78, 5) is 29.4. The van der Waals surface area contributed by atoms with Crippen LogP contribution in [0, 0.1) is 12.7 Å². The fourth-order valence-corrected chi connectivity index (χ4v) is 3.68. The van der Waals surface area contributed by atoms with Gasteiger partial charge in [-0.05, 0) is 49.2 Å². The SMILES string of the molecule is CCOC(=O)C1=C(O)/C(=C/c2ccc(F)cc2)SC1=NC(=O)c1ccccc1C. The number of esters is 1. The zero-order valence-corrected chi connectivity index (χ0v) is 16.6. The molecule has 1 aliphatic rings. The third-order valence-corrected chi connectivity index (χ3v) is 5.14. The number of carbonyl (C=O) groups excluding carboxylic acids is 2. The van der Waals surface area contributed by atoms with Gasteiger partial charge in [-0.1, -0.05) is 42.1 Å². The lowest BCUT2D eigenvalue weighted by molar-refractivity contribution is -0.138. The lowest BCUT2D eigenvalue weighted by Crippen LogP contribution is -2.14. The molecular formula is C22H18FNO4S. The highest BCUT2D eigenvalue weighted by atomic mass is 32.2. The number of rotatable bonds is 4. The Hall–Kier alpha value is -3.19. The van der Waals surface area contributed by atoms with Gasteiger partial charge in [0.2, 0.25) is 0 Å². The van der Waals surface area contributed by atoms with Crippen molar-refractivity contribution in [2.75, 3.05) is 6.61 Å². The van der Waals surface area contributed by atoms with E-state index in [1.54, 1.807) is 38.1 Å². The zero-order valence-electron chi connectivity index (χ0n) is 15.8. The smallest absolute Gasteiger partial charge is 0.344 e. The average molecular weight is 411 g/mol. The topological polar surface area (TPSA) is 76.0 Å². The molecule has 5 nitrogen and oxygen atoms in total. The Kier molecular flexibility index (Phi) is 6.29. The average Bonchev–Trinajstić information content (AvgIpc) is 2.99. The van der Waals surface area contributed by atoms with Crippen molar-refractivity contribution >= 4 is 34.8 Å². The molecule has 0 atom stereocenters. The first-order chi connectivity index (χ1) is 13.9. The molecule has 1 amide bonds. The summed E-state index contributed by atoms with van der Waals surface area (Å²) in [6.07, 6.45) is 1.58. The predicted molar refractivity (Wildman–Crippen MR) is 111 cm³/mol. The van der Waals surface area contributed by atoms with Gasteiger partial charge < -0.3 is 9.84 Å². The van der Waals surface area contributed by atoms with E-state index >= 15 is 0 Å². The summed E-state index contributed by atoms with van der Waals surface area (Å²) in [6.45, 7) is 3.53. The molecule has 148 valence electrons. The number of aliphatic hydroxyl groups excluding tert-OH is 1. The molecule has 0 saturated heterocycles. The van der Waals surface area contributed by atoms with Crippen molar-refractivity contribution in [3.05, 3.63) is 87.3 Å². The van der Waals surface area contributed by atoms with Gasteiger partial charge in [-0.3, -0.25) is 4.79 Å². The van der Waals surface area contributed by atoms with Gasteiger partial charge in [0, 0.05) is 5.56 Å². The molecule has 0 unspecified atom stereocenters. The van der Waals surface area contributed by atoms with Crippen LogP contribution in [0.4, 0.5) is 4.39 Å². The number of aliphatic imine (C=N–C) groups is 1. The lowest BCUT2D eigenvalue weighted by Gasteiger charge is -2.04. The second-order valence-corrected chi connectivity index (χ2v) is 7.17. The number of hydrogen-bond acceptors (Lipinski definition) is 5. The molecule has 1 aliphatic heterocycles. The predicted octanol–water partition coefficient (Wildman–Crippen LogP) is 4.84. The summed E-state index contributed by atoms with van der Waals surface area (Å²) < 4.78 is 18.1. The summed E-state index contributed by atoms with van der Waals surface area (Å²) in [5.74, 6) is -2.00. The third-order valence-electron chi connectivity index (χ3n) is 4.12. The van der Waals surface area contributed by atoms with Gasteiger partial charge >= 0.3 is 5.97 Å². The molecule has 0 aromatic heterocycles. The van der Waals surface area contributed by atoms with Crippen molar-refractivity contribution in [2.24, 2.45) is 4.99 Å². The monoisotopic (exact) mass is 411 g/mol. The molecule has 0 radical (unpaired) electrons. The van der Waals surface area contributed by atoms with E-state index in [0.29, 0.717) is 16.0 Å². The lowest BCUT2D eigenvalue weighted by atomic mass is 10.1. The normalized spacial score (nSPS) is 16.5. The fourth-order valence-electron chi connectivity index (χ4n) is 2.67. The number of nitrogens with zero attached hydrogens (tertiary/aromatic N) is 1. The summed E-state index contributed by atoms with van der Waals surface area (Å²) >= 11 is 0.981. The van der Waals surface area contributed by atoms with Crippen LogP contribution in [0.3, 0.4) is 0 Å². The summed E-state index contributed by atoms with van der Waals surface area (Å²) in [7, 11) is 0. The number of ether oxygens (including phenoxy) is 1. The van der Waals surface area contributed by atoms with Crippen LogP contribution in [0.5, 0.6) is 0 Å². The van der Waals surface area contributed by atoms with Crippen LogP contribution in [0.1, 0.15) is 28.4 Å². The Morgan fingerprint density at radius 3 is 2.52 bits per heavy atom. The van der Waals surface area contributed by atoms with Crippen molar-refractivity contribution in [2.45, 2.75) is 13.8 Å². The van der Waals surface area contributed by atoms with Gasteiger partial charge in [-0.25, -0.2) is 14.2 Å². The van der Waals surface area contributed by atoms with Crippen LogP contribution in [0.2, 0.25) is 0 Å². The number of hydrogen-bond donors (Lipinski definition) is 1. The van der Waals surface area contributed by atoms with E-state index in [1.807, 2.05) is 6.07 Å². The Balaban J connectivity index is 2.02. The van der Waals surface area contributed by atoms with E-state index in [4.69, 9.17) is 4.74 Å².